The SMILES string of the molecule is C=CCCCC1CC2CC1CC2=CC(C)=CC. The Morgan fingerprint density at radius 2 is 2.24 bits per heavy atom. The van der Waals surface area contributed by atoms with Gasteiger partial charge < -0.3 is 0 Å². The summed E-state index contributed by atoms with van der Waals surface area (Å²) in [6, 6.07) is 0. The Labute approximate surface area is 106 Å². The molecular formula is C17H26. The Morgan fingerprint density at radius 1 is 1.41 bits per heavy atom. The third-order valence-electron chi connectivity index (χ3n) is 4.72. The summed E-state index contributed by atoms with van der Waals surface area (Å²) in [5, 5.41) is 0. The molecule has 0 aromatic carbocycles. The smallest absolute Gasteiger partial charge is 0.0194 e. The number of hydrogen-bond donors (Lipinski definition) is 0. The summed E-state index contributed by atoms with van der Waals surface area (Å²) in [6.45, 7) is 8.17. The van der Waals surface area contributed by atoms with Crippen molar-refractivity contribution >= 4 is 0 Å². The van der Waals surface area contributed by atoms with Crippen LogP contribution < -0.4 is 0 Å². The van der Waals surface area contributed by atoms with Crippen LogP contribution in [-0.4, -0.2) is 0 Å². The quantitative estimate of drug-likeness (QED) is 0.445. The lowest BCUT2D eigenvalue weighted by molar-refractivity contribution is 0.341. The molecule has 3 unspecified atom stereocenters. The minimum Gasteiger partial charge on any atom is -0.103 e. The molecule has 2 fully saturated rings. The second kappa shape index (κ2) is 5.71. The van der Waals surface area contributed by atoms with Crippen LogP contribution in [0.5, 0.6) is 0 Å². The van der Waals surface area contributed by atoms with Crippen LogP contribution in [0.1, 0.15) is 52.4 Å². The molecule has 0 heteroatoms. The van der Waals surface area contributed by atoms with E-state index < -0.39 is 0 Å². The standard InChI is InChI=1S/C17H26/c1-4-6-7-8-14-10-17-12-16(14)11-15(17)9-13(3)5-2/h4-5,9,14,16-17H,1,6-8,10-12H2,2-3H3. The topological polar surface area (TPSA) is 0 Å². The van der Waals surface area contributed by atoms with E-state index in [0.29, 0.717) is 0 Å². The highest BCUT2D eigenvalue weighted by Gasteiger charge is 2.41. The van der Waals surface area contributed by atoms with E-state index in [9.17, 15) is 0 Å². The van der Waals surface area contributed by atoms with Gasteiger partial charge in [0.05, 0.1) is 0 Å². The van der Waals surface area contributed by atoms with Crippen LogP contribution in [0.3, 0.4) is 0 Å². The molecule has 2 aliphatic carbocycles. The maximum absolute atomic E-state index is 3.81. The first-order valence-electron chi connectivity index (χ1n) is 7.18. The molecule has 2 saturated carbocycles. The van der Waals surface area contributed by atoms with Crippen LogP contribution in [0.15, 0.2) is 36.0 Å². The fourth-order valence-electron chi connectivity index (χ4n) is 3.66. The van der Waals surface area contributed by atoms with Crippen LogP contribution in [0.4, 0.5) is 0 Å². The van der Waals surface area contributed by atoms with Crippen LogP contribution in [0.25, 0.3) is 0 Å². The van der Waals surface area contributed by atoms with Crippen molar-refractivity contribution < 1.29 is 0 Å². The molecule has 2 rings (SSSR count). The monoisotopic (exact) mass is 230 g/mol. The highest BCUT2D eigenvalue weighted by atomic mass is 14.5. The molecule has 2 bridgehead atoms. The van der Waals surface area contributed by atoms with E-state index in [1.165, 1.54) is 44.1 Å². The summed E-state index contributed by atoms with van der Waals surface area (Å²) < 4.78 is 0. The van der Waals surface area contributed by atoms with E-state index in [1.54, 1.807) is 5.57 Å². The fourth-order valence-corrected chi connectivity index (χ4v) is 3.66. The van der Waals surface area contributed by atoms with Gasteiger partial charge in [0, 0.05) is 0 Å². The molecule has 0 aromatic heterocycles. The average molecular weight is 230 g/mol. The summed E-state index contributed by atoms with van der Waals surface area (Å²) in [7, 11) is 0. The van der Waals surface area contributed by atoms with Gasteiger partial charge in [-0.1, -0.05) is 29.4 Å². The normalized spacial score (nSPS) is 34.6. The maximum Gasteiger partial charge on any atom is -0.0194 e. The molecule has 94 valence electrons. The van der Waals surface area contributed by atoms with Gasteiger partial charge in [-0.2, -0.15) is 0 Å². The Kier molecular flexibility index (Phi) is 4.25. The first-order valence-corrected chi connectivity index (χ1v) is 7.18. The summed E-state index contributed by atoms with van der Waals surface area (Å²) >= 11 is 0. The molecule has 2 aliphatic rings. The Bertz CT molecular complexity index is 332. The zero-order chi connectivity index (χ0) is 12.3. The van der Waals surface area contributed by atoms with E-state index >= 15 is 0 Å². The Balaban J connectivity index is 1.87. The van der Waals surface area contributed by atoms with E-state index in [1.807, 2.05) is 0 Å². The van der Waals surface area contributed by atoms with Crippen LogP contribution in [0, 0.1) is 17.8 Å². The van der Waals surface area contributed by atoms with Gasteiger partial charge in [0.25, 0.3) is 0 Å². The van der Waals surface area contributed by atoms with Crippen LogP contribution in [0.2, 0.25) is 0 Å². The van der Waals surface area contributed by atoms with Gasteiger partial charge in [0.2, 0.25) is 0 Å². The third-order valence-corrected chi connectivity index (χ3v) is 4.72. The molecule has 0 N–H and O–H groups in total. The Morgan fingerprint density at radius 3 is 2.82 bits per heavy atom. The van der Waals surface area contributed by atoms with Gasteiger partial charge >= 0.3 is 0 Å². The minimum absolute atomic E-state index is 0.920. The van der Waals surface area contributed by atoms with Crippen molar-refractivity contribution in [2.45, 2.75) is 52.4 Å². The number of fused-ring (bicyclic) bond motifs is 2. The number of allylic oxidation sites excluding steroid dienone is 5. The zero-order valence-corrected chi connectivity index (χ0v) is 11.4. The summed E-state index contributed by atoms with van der Waals surface area (Å²) in [6.07, 6.45) is 15.0. The zero-order valence-electron chi connectivity index (χ0n) is 11.4. The van der Waals surface area contributed by atoms with Crippen molar-refractivity contribution in [2.24, 2.45) is 17.8 Å². The Hall–Kier alpha value is -0.780. The molecule has 0 nitrogen and oxygen atoms in total. The molecule has 17 heavy (non-hydrogen) atoms. The molecule has 0 amide bonds. The molecule has 0 spiro atoms. The summed E-state index contributed by atoms with van der Waals surface area (Å²) in [5.41, 5.74) is 3.18. The first kappa shape index (κ1) is 12.7. The van der Waals surface area contributed by atoms with Gasteiger partial charge in [0.1, 0.15) is 0 Å². The van der Waals surface area contributed by atoms with E-state index in [4.69, 9.17) is 0 Å². The van der Waals surface area contributed by atoms with Gasteiger partial charge in [-0.3, -0.25) is 0 Å². The van der Waals surface area contributed by atoms with Crippen molar-refractivity contribution in [3.05, 3.63) is 36.0 Å². The van der Waals surface area contributed by atoms with E-state index in [0.717, 1.165) is 17.8 Å². The molecule has 0 heterocycles. The van der Waals surface area contributed by atoms with Crippen LogP contribution >= 0.6 is 0 Å². The third kappa shape index (κ3) is 2.91. The predicted molar refractivity (Wildman–Crippen MR) is 75.9 cm³/mol. The highest BCUT2D eigenvalue weighted by molar-refractivity contribution is 5.27. The molecule has 0 saturated heterocycles. The van der Waals surface area contributed by atoms with Crippen molar-refractivity contribution in [1.29, 1.82) is 0 Å². The molecule has 3 atom stereocenters. The van der Waals surface area contributed by atoms with Crippen molar-refractivity contribution in [2.75, 3.05) is 0 Å². The number of rotatable bonds is 5. The second-order valence-electron chi connectivity index (χ2n) is 5.86. The maximum atomic E-state index is 3.81. The summed E-state index contributed by atoms with van der Waals surface area (Å²) in [4.78, 5) is 0. The minimum atomic E-state index is 0.920. The number of hydrogen-bond acceptors (Lipinski definition) is 0. The lowest BCUT2D eigenvalue weighted by Gasteiger charge is -2.23. The summed E-state index contributed by atoms with van der Waals surface area (Å²) in [5.74, 6) is 2.94. The molecule has 0 aromatic rings. The predicted octanol–water partition coefficient (Wildman–Crippen LogP) is 5.28. The first-order chi connectivity index (χ1) is 8.24. The van der Waals surface area contributed by atoms with Gasteiger partial charge in [-0.05, 0) is 70.1 Å². The van der Waals surface area contributed by atoms with Gasteiger partial charge in [0.15, 0.2) is 0 Å². The van der Waals surface area contributed by atoms with Crippen molar-refractivity contribution in [1.82, 2.24) is 0 Å². The van der Waals surface area contributed by atoms with Crippen molar-refractivity contribution in [3.8, 4) is 0 Å². The largest absolute Gasteiger partial charge is 0.103 e. The fraction of sp³-hybridized carbons (Fsp3) is 0.647. The molecular weight excluding hydrogens is 204 g/mol. The lowest BCUT2D eigenvalue weighted by Crippen LogP contribution is -2.11. The highest BCUT2D eigenvalue weighted by Crippen LogP contribution is 2.53. The molecule has 0 radical (unpaired) electrons. The van der Waals surface area contributed by atoms with E-state index in [-0.39, 0.29) is 0 Å². The lowest BCUT2D eigenvalue weighted by atomic mass is 9.82. The number of unbranched alkanes of at least 4 members (excludes halogenated alkanes) is 1. The molecule has 0 aliphatic heterocycles. The van der Waals surface area contributed by atoms with Gasteiger partial charge in [-0.15, -0.1) is 6.58 Å². The average Bonchev–Trinajstić information content (AvgIpc) is 2.88. The second-order valence-corrected chi connectivity index (χ2v) is 5.86. The van der Waals surface area contributed by atoms with Crippen LogP contribution in [-0.2, 0) is 0 Å². The van der Waals surface area contributed by atoms with Crippen molar-refractivity contribution in [3.63, 3.8) is 0 Å². The van der Waals surface area contributed by atoms with Gasteiger partial charge in [-0.25, -0.2) is 0 Å². The van der Waals surface area contributed by atoms with E-state index in [2.05, 4.69) is 38.7 Å².